The molecule has 0 radical (unpaired) electrons. The zero-order valence-corrected chi connectivity index (χ0v) is 21.7. The van der Waals surface area contributed by atoms with Crippen molar-refractivity contribution in [1.82, 2.24) is 4.90 Å². The van der Waals surface area contributed by atoms with Gasteiger partial charge >= 0.3 is 11.9 Å². The first-order valence-corrected chi connectivity index (χ1v) is 12.8. The third-order valence-corrected chi connectivity index (χ3v) is 6.88. The van der Waals surface area contributed by atoms with Crippen molar-refractivity contribution >= 4 is 29.5 Å². The Morgan fingerprint density at radius 2 is 1.58 bits per heavy atom. The Morgan fingerprint density at radius 1 is 0.921 bits per heavy atom. The highest BCUT2D eigenvalue weighted by atomic mass is 16.5. The van der Waals surface area contributed by atoms with E-state index in [2.05, 4.69) is 0 Å². The number of likely N-dealkylation sites (tertiary alicyclic amines) is 1. The summed E-state index contributed by atoms with van der Waals surface area (Å²) in [6, 6.07) is 13.4. The molecule has 1 fully saturated rings. The van der Waals surface area contributed by atoms with Crippen molar-refractivity contribution in [2.45, 2.75) is 46.1 Å². The largest absolute Gasteiger partial charge is 0.456 e. The number of imide groups is 1. The molecule has 3 atom stereocenters. The summed E-state index contributed by atoms with van der Waals surface area (Å²) in [6.07, 6.45) is 3.20. The molecule has 198 valence electrons. The molecule has 1 saturated heterocycles. The molecule has 1 aliphatic heterocycles. The summed E-state index contributed by atoms with van der Waals surface area (Å²) in [4.78, 5) is 65.3. The van der Waals surface area contributed by atoms with E-state index in [1.54, 1.807) is 30.3 Å². The van der Waals surface area contributed by atoms with Crippen molar-refractivity contribution < 1.29 is 33.4 Å². The monoisotopic (exact) mass is 517 g/mol. The predicted molar refractivity (Wildman–Crippen MR) is 138 cm³/mol. The summed E-state index contributed by atoms with van der Waals surface area (Å²) in [5.41, 5.74) is 1.72. The van der Waals surface area contributed by atoms with E-state index in [1.807, 2.05) is 26.8 Å². The van der Waals surface area contributed by atoms with Crippen LogP contribution in [0.1, 0.15) is 60.7 Å². The molecule has 1 aliphatic carbocycles. The fourth-order valence-corrected chi connectivity index (χ4v) is 4.89. The lowest BCUT2D eigenvalue weighted by Crippen LogP contribution is -2.47. The number of carbonyl (C=O) groups is 5. The lowest BCUT2D eigenvalue weighted by molar-refractivity contribution is -0.158. The first-order chi connectivity index (χ1) is 18.2. The Hall–Kier alpha value is -4.07. The number of fused-ring (bicyclic) bond motifs is 1. The number of Topliss-reactive ketones (excluding diaryl/α,β-unsaturated/α-hetero) is 1. The fourth-order valence-electron chi connectivity index (χ4n) is 4.89. The number of hydrogen-bond acceptors (Lipinski definition) is 7. The van der Waals surface area contributed by atoms with Crippen LogP contribution in [0.2, 0.25) is 0 Å². The van der Waals surface area contributed by atoms with E-state index in [-0.39, 0.29) is 35.5 Å². The van der Waals surface area contributed by atoms with Crippen LogP contribution >= 0.6 is 0 Å². The number of amides is 2. The highest BCUT2D eigenvalue weighted by Gasteiger charge is 2.52. The Morgan fingerprint density at radius 3 is 2.24 bits per heavy atom. The van der Waals surface area contributed by atoms with Crippen LogP contribution in [-0.2, 0) is 19.1 Å². The van der Waals surface area contributed by atoms with Gasteiger partial charge in [-0.25, -0.2) is 9.59 Å². The normalized spacial score (nSPS) is 19.6. The smallest absolute Gasteiger partial charge is 0.343 e. The molecule has 4 rings (SSSR count). The van der Waals surface area contributed by atoms with Crippen molar-refractivity contribution in [3.05, 3.63) is 77.4 Å². The third-order valence-electron chi connectivity index (χ3n) is 6.88. The van der Waals surface area contributed by atoms with Crippen LogP contribution in [0, 0.1) is 17.8 Å². The van der Waals surface area contributed by atoms with Crippen LogP contribution in [0.25, 0.3) is 0 Å². The molecule has 0 saturated carbocycles. The van der Waals surface area contributed by atoms with Crippen molar-refractivity contribution in [2.75, 3.05) is 6.61 Å². The van der Waals surface area contributed by atoms with Gasteiger partial charge in [0.2, 0.25) is 11.8 Å². The second kappa shape index (κ2) is 11.5. The summed E-state index contributed by atoms with van der Waals surface area (Å²) in [7, 11) is 0. The Kier molecular flexibility index (Phi) is 8.20. The van der Waals surface area contributed by atoms with E-state index in [0.717, 1.165) is 10.5 Å². The maximum absolute atomic E-state index is 13.1. The number of benzene rings is 2. The van der Waals surface area contributed by atoms with E-state index in [0.29, 0.717) is 18.4 Å². The molecule has 3 unspecified atom stereocenters. The van der Waals surface area contributed by atoms with Crippen LogP contribution in [0.4, 0.5) is 0 Å². The van der Waals surface area contributed by atoms with Crippen LogP contribution in [0.3, 0.4) is 0 Å². The predicted octanol–water partition coefficient (Wildman–Crippen LogP) is 4.39. The second-order valence-corrected chi connectivity index (χ2v) is 10.2. The summed E-state index contributed by atoms with van der Waals surface area (Å²) < 4.78 is 10.6. The molecule has 2 aromatic carbocycles. The zero-order chi connectivity index (χ0) is 27.4. The average molecular weight is 518 g/mol. The van der Waals surface area contributed by atoms with Crippen LogP contribution < -0.4 is 4.74 Å². The Balaban J connectivity index is 1.38. The van der Waals surface area contributed by atoms with Crippen molar-refractivity contribution in [3.63, 3.8) is 0 Å². The number of esters is 2. The number of ketones is 1. The van der Waals surface area contributed by atoms with E-state index in [9.17, 15) is 24.0 Å². The van der Waals surface area contributed by atoms with Crippen LogP contribution in [0.15, 0.2) is 66.2 Å². The summed E-state index contributed by atoms with van der Waals surface area (Å²) in [6.45, 7) is 5.17. The number of nitrogens with zero attached hydrogens (tertiary/aromatic N) is 1. The van der Waals surface area contributed by atoms with Gasteiger partial charge < -0.3 is 9.47 Å². The molecule has 38 heavy (non-hydrogen) atoms. The van der Waals surface area contributed by atoms with Gasteiger partial charge in [-0.2, -0.15) is 0 Å². The number of allylic oxidation sites excluding steroid dienone is 2. The summed E-state index contributed by atoms with van der Waals surface area (Å²) in [5.74, 6) is -3.08. The van der Waals surface area contributed by atoms with Crippen molar-refractivity contribution in [1.29, 1.82) is 0 Å². The van der Waals surface area contributed by atoms with Crippen LogP contribution in [0.5, 0.6) is 5.75 Å². The molecule has 0 bridgehead atoms. The first kappa shape index (κ1) is 27.0. The minimum atomic E-state index is -1.08. The molecule has 8 nitrogen and oxygen atoms in total. The Bertz CT molecular complexity index is 1260. The van der Waals surface area contributed by atoms with Gasteiger partial charge in [-0.3, -0.25) is 19.3 Å². The van der Waals surface area contributed by atoms with Crippen LogP contribution in [-0.4, -0.2) is 47.1 Å². The minimum Gasteiger partial charge on any atom is -0.456 e. The molecular formula is C30H31NO7. The molecular weight excluding hydrogens is 486 g/mol. The molecule has 2 amide bonds. The van der Waals surface area contributed by atoms with Gasteiger partial charge in [0.25, 0.3) is 0 Å². The van der Waals surface area contributed by atoms with Gasteiger partial charge in [-0.1, -0.05) is 43.7 Å². The second-order valence-electron chi connectivity index (χ2n) is 10.2. The lowest BCUT2D eigenvalue weighted by Gasteiger charge is -2.26. The fraction of sp³-hybridized carbons (Fsp3) is 0.367. The van der Waals surface area contributed by atoms with E-state index in [4.69, 9.17) is 9.47 Å². The number of rotatable bonds is 9. The summed E-state index contributed by atoms with van der Waals surface area (Å²) >= 11 is 0. The Labute approximate surface area is 221 Å². The standard InChI is InChI=1S/C30H31NO7/c1-18(2)15-25(31-27(33)23-14-9-19(3)16-24(23)28(31)34)30(36)37-17-26(32)20-10-12-22(13-11-20)38-29(35)21-7-5-4-6-8-21/h4-13,18,23-25H,14-17H2,1-3H3. The molecule has 1 heterocycles. The molecule has 2 aliphatic rings. The average Bonchev–Trinajstić information content (AvgIpc) is 3.15. The SMILES string of the molecule is CC1=CCC2C(=O)N(C(CC(C)C)C(=O)OCC(=O)c3ccc(OC(=O)c4ccccc4)cc3)C(=O)C2C1. The maximum Gasteiger partial charge on any atom is 0.343 e. The van der Waals surface area contributed by atoms with Crippen molar-refractivity contribution in [2.24, 2.45) is 17.8 Å². The molecule has 8 heteroatoms. The number of hydrogen-bond donors (Lipinski definition) is 0. The number of ether oxygens (including phenoxy) is 2. The van der Waals surface area contributed by atoms with Gasteiger partial charge in [0.05, 0.1) is 17.4 Å². The van der Waals surface area contributed by atoms with Gasteiger partial charge in [-0.15, -0.1) is 0 Å². The zero-order valence-electron chi connectivity index (χ0n) is 21.7. The minimum absolute atomic E-state index is 0.0116. The quantitative estimate of drug-likeness (QED) is 0.160. The summed E-state index contributed by atoms with van der Waals surface area (Å²) in [5, 5.41) is 0. The van der Waals surface area contributed by atoms with Gasteiger partial charge in [0.1, 0.15) is 11.8 Å². The molecule has 0 spiro atoms. The van der Waals surface area contributed by atoms with E-state index >= 15 is 0 Å². The first-order valence-electron chi connectivity index (χ1n) is 12.8. The highest BCUT2D eigenvalue weighted by molar-refractivity contribution is 6.08. The van der Waals surface area contributed by atoms with E-state index < -0.39 is 42.2 Å². The van der Waals surface area contributed by atoms with Gasteiger partial charge in [-0.05, 0) is 68.5 Å². The van der Waals surface area contributed by atoms with Gasteiger partial charge in [0, 0.05) is 5.56 Å². The highest BCUT2D eigenvalue weighted by Crippen LogP contribution is 2.39. The van der Waals surface area contributed by atoms with E-state index in [1.165, 1.54) is 24.3 Å². The lowest BCUT2D eigenvalue weighted by atomic mass is 9.82. The molecule has 0 aromatic heterocycles. The third kappa shape index (κ3) is 5.90. The van der Waals surface area contributed by atoms with Gasteiger partial charge in [0.15, 0.2) is 12.4 Å². The molecule has 0 N–H and O–H groups in total. The maximum atomic E-state index is 13.1. The number of carbonyl (C=O) groups excluding carboxylic acids is 5. The molecule has 2 aromatic rings. The van der Waals surface area contributed by atoms with Crippen molar-refractivity contribution in [3.8, 4) is 5.75 Å². The topological polar surface area (TPSA) is 107 Å².